The molecule has 0 N–H and O–H groups in total. The topological polar surface area (TPSA) is 0 Å². The number of aryl methyl sites for hydroxylation is 2. The first kappa shape index (κ1) is 15.7. The fraction of sp³-hybridized carbons (Fsp3) is 0.294. The predicted octanol–water partition coefficient (Wildman–Crippen LogP) is 6.45. The molecule has 106 valence electrons. The van der Waals surface area contributed by atoms with Crippen LogP contribution in [0.3, 0.4) is 0 Å². The van der Waals surface area contributed by atoms with Gasteiger partial charge < -0.3 is 0 Å². The SMILES string of the molecule is CCc1ccc(CC)c(C(Cl)c2ccc(Cl)c(Cl)c2)c1. The maximum absolute atomic E-state index is 6.67. The van der Waals surface area contributed by atoms with E-state index < -0.39 is 0 Å². The smallest absolute Gasteiger partial charge is 0.0838 e. The van der Waals surface area contributed by atoms with Crippen molar-refractivity contribution in [3.8, 4) is 0 Å². The molecule has 1 unspecified atom stereocenters. The summed E-state index contributed by atoms with van der Waals surface area (Å²) < 4.78 is 0. The first-order valence-corrected chi connectivity index (χ1v) is 7.96. The summed E-state index contributed by atoms with van der Waals surface area (Å²) in [6.45, 7) is 4.29. The third-order valence-corrected chi connectivity index (χ3v) is 4.73. The predicted molar refractivity (Wildman–Crippen MR) is 89.4 cm³/mol. The normalized spacial score (nSPS) is 12.4. The van der Waals surface area contributed by atoms with Crippen LogP contribution < -0.4 is 0 Å². The maximum atomic E-state index is 6.67. The second-order valence-electron chi connectivity index (χ2n) is 4.78. The summed E-state index contributed by atoms with van der Waals surface area (Å²) >= 11 is 18.7. The lowest BCUT2D eigenvalue weighted by Gasteiger charge is -2.16. The summed E-state index contributed by atoms with van der Waals surface area (Å²) in [7, 11) is 0. The third-order valence-electron chi connectivity index (χ3n) is 3.51. The lowest BCUT2D eigenvalue weighted by atomic mass is 9.95. The van der Waals surface area contributed by atoms with Crippen LogP contribution in [0, 0.1) is 0 Å². The summed E-state index contributed by atoms with van der Waals surface area (Å²) in [6.07, 6.45) is 1.96. The number of rotatable bonds is 4. The zero-order chi connectivity index (χ0) is 14.7. The summed E-state index contributed by atoms with van der Waals surface area (Å²) in [4.78, 5) is 0. The second-order valence-corrected chi connectivity index (χ2v) is 6.03. The van der Waals surface area contributed by atoms with Gasteiger partial charge in [-0.3, -0.25) is 0 Å². The van der Waals surface area contributed by atoms with Gasteiger partial charge in [0.2, 0.25) is 0 Å². The van der Waals surface area contributed by atoms with Crippen molar-refractivity contribution in [3.63, 3.8) is 0 Å². The number of alkyl halides is 1. The van der Waals surface area contributed by atoms with Gasteiger partial charge in [0.05, 0.1) is 15.4 Å². The zero-order valence-corrected chi connectivity index (χ0v) is 13.9. The Morgan fingerprint density at radius 2 is 1.65 bits per heavy atom. The van der Waals surface area contributed by atoms with Gasteiger partial charge >= 0.3 is 0 Å². The lowest BCUT2D eigenvalue weighted by Crippen LogP contribution is -2.00. The average Bonchev–Trinajstić information content (AvgIpc) is 2.48. The molecular weight excluding hydrogens is 311 g/mol. The van der Waals surface area contributed by atoms with E-state index in [4.69, 9.17) is 34.8 Å². The van der Waals surface area contributed by atoms with Crippen LogP contribution in [-0.4, -0.2) is 0 Å². The fourth-order valence-electron chi connectivity index (χ4n) is 2.27. The zero-order valence-electron chi connectivity index (χ0n) is 11.6. The number of halogens is 3. The van der Waals surface area contributed by atoms with Crippen LogP contribution in [0.4, 0.5) is 0 Å². The van der Waals surface area contributed by atoms with E-state index in [0.29, 0.717) is 10.0 Å². The van der Waals surface area contributed by atoms with Crippen LogP contribution in [0.2, 0.25) is 10.0 Å². The summed E-state index contributed by atoms with van der Waals surface area (Å²) in [5.74, 6) is 0. The van der Waals surface area contributed by atoms with Crippen molar-refractivity contribution in [3.05, 3.63) is 68.7 Å². The van der Waals surface area contributed by atoms with E-state index in [9.17, 15) is 0 Å². The highest BCUT2D eigenvalue weighted by Gasteiger charge is 2.16. The highest BCUT2D eigenvalue weighted by Crippen LogP contribution is 2.35. The minimum Gasteiger partial charge on any atom is -0.113 e. The maximum Gasteiger partial charge on any atom is 0.0838 e. The van der Waals surface area contributed by atoms with Gasteiger partial charge in [-0.1, -0.05) is 61.3 Å². The van der Waals surface area contributed by atoms with Crippen molar-refractivity contribution >= 4 is 34.8 Å². The van der Waals surface area contributed by atoms with E-state index in [2.05, 4.69) is 32.0 Å². The van der Waals surface area contributed by atoms with E-state index in [1.165, 1.54) is 11.1 Å². The Hall–Kier alpha value is -0.690. The van der Waals surface area contributed by atoms with Crippen LogP contribution in [0.1, 0.15) is 41.5 Å². The van der Waals surface area contributed by atoms with Gasteiger partial charge in [-0.05, 0) is 47.2 Å². The van der Waals surface area contributed by atoms with Crippen LogP contribution in [0.15, 0.2) is 36.4 Å². The molecular formula is C17H17Cl3. The molecule has 0 saturated carbocycles. The summed E-state index contributed by atoms with van der Waals surface area (Å²) in [5, 5.41) is 0.892. The molecule has 2 rings (SSSR count). The molecule has 0 amide bonds. The van der Waals surface area contributed by atoms with E-state index in [0.717, 1.165) is 24.0 Å². The monoisotopic (exact) mass is 326 g/mol. The van der Waals surface area contributed by atoms with Gasteiger partial charge in [-0.2, -0.15) is 0 Å². The van der Waals surface area contributed by atoms with E-state index in [-0.39, 0.29) is 5.38 Å². The van der Waals surface area contributed by atoms with Crippen LogP contribution in [0.5, 0.6) is 0 Å². The number of benzene rings is 2. The molecule has 2 aromatic carbocycles. The molecule has 0 heterocycles. The van der Waals surface area contributed by atoms with E-state index >= 15 is 0 Å². The lowest BCUT2D eigenvalue weighted by molar-refractivity contribution is 1.02. The first-order chi connectivity index (χ1) is 9.56. The standard InChI is InChI=1S/C17H17Cl3/c1-3-11-5-6-12(4-2)14(9-11)17(20)13-7-8-15(18)16(19)10-13/h5-10,17H,3-4H2,1-2H3. The molecule has 0 aliphatic carbocycles. The fourth-order valence-corrected chi connectivity index (χ4v) is 2.92. The number of hydrogen-bond donors (Lipinski definition) is 0. The van der Waals surface area contributed by atoms with Crippen molar-refractivity contribution in [2.24, 2.45) is 0 Å². The Labute approximate surface area is 135 Å². The highest BCUT2D eigenvalue weighted by atomic mass is 35.5. The quantitative estimate of drug-likeness (QED) is 0.566. The molecule has 0 saturated heterocycles. The molecule has 0 nitrogen and oxygen atoms in total. The molecule has 0 spiro atoms. The molecule has 0 aromatic heterocycles. The molecule has 1 atom stereocenters. The average molecular weight is 328 g/mol. The van der Waals surface area contributed by atoms with Crippen molar-refractivity contribution in [1.29, 1.82) is 0 Å². The Morgan fingerprint density at radius 1 is 0.900 bits per heavy atom. The van der Waals surface area contributed by atoms with Crippen molar-refractivity contribution in [2.75, 3.05) is 0 Å². The van der Waals surface area contributed by atoms with Crippen LogP contribution in [0.25, 0.3) is 0 Å². The van der Waals surface area contributed by atoms with Gasteiger partial charge in [-0.25, -0.2) is 0 Å². The molecule has 0 aliphatic heterocycles. The van der Waals surface area contributed by atoms with E-state index in [1.54, 1.807) is 6.07 Å². The van der Waals surface area contributed by atoms with Gasteiger partial charge in [0, 0.05) is 0 Å². The Morgan fingerprint density at radius 3 is 2.25 bits per heavy atom. The Balaban J connectivity index is 2.45. The molecule has 0 aliphatic rings. The van der Waals surface area contributed by atoms with Crippen LogP contribution >= 0.6 is 34.8 Å². The minimum atomic E-state index is -0.203. The molecule has 2 aromatic rings. The molecule has 20 heavy (non-hydrogen) atoms. The molecule has 3 heteroatoms. The van der Waals surface area contributed by atoms with Gasteiger partial charge in [-0.15, -0.1) is 11.6 Å². The summed E-state index contributed by atoms with van der Waals surface area (Å²) in [6, 6.07) is 12.1. The third kappa shape index (κ3) is 3.31. The molecule has 0 bridgehead atoms. The van der Waals surface area contributed by atoms with Gasteiger partial charge in [0.15, 0.2) is 0 Å². The molecule has 0 fully saturated rings. The Kier molecular flexibility index (Phi) is 5.37. The van der Waals surface area contributed by atoms with E-state index in [1.807, 2.05) is 12.1 Å². The van der Waals surface area contributed by atoms with Gasteiger partial charge in [0.25, 0.3) is 0 Å². The minimum absolute atomic E-state index is 0.203. The summed E-state index contributed by atoms with van der Waals surface area (Å²) in [5.41, 5.74) is 4.70. The number of hydrogen-bond acceptors (Lipinski definition) is 0. The second kappa shape index (κ2) is 6.85. The van der Waals surface area contributed by atoms with Crippen molar-refractivity contribution in [2.45, 2.75) is 32.1 Å². The Bertz CT molecular complexity index is 605. The highest BCUT2D eigenvalue weighted by molar-refractivity contribution is 6.42. The van der Waals surface area contributed by atoms with Crippen molar-refractivity contribution in [1.82, 2.24) is 0 Å². The van der Waals surface area contributed by atoms with Crippen molar-refractivity contribution < 1.29 is 0 Å². The first-order valence-electron chi connectivity index (χ1n) is 6.77. The largest absolute Gasteiger partial charge is 0.113 e. The van der Waals surface area contributed by atoms with Gasteiger partial charge in [0.1, 0.15) is 0 Å². The van der Waals surface area contributed by atoms with Crippen LogP contribution in [-0.2, 0) is 12.8 Å². The molecule has 0 radical (unpaired) electrons.